The maximum Gasteiger partial charge on any atom is 0.351 e. The molecule has 2 heterocycles. The van der Waals surface area contributed by atoms with Crippen LogP contribution in [-0.2, 0) is 4.74 Å². The van der Waals surface area contributed by atoms with Crippen LogP contribution in [0.1, 0.15) is 19.1 Å². The van der Waals surface area contributed by atoms with Gasteiger partial charge in [0.15, 0.2) is 0 Å². The Hall–Kier alpha value is -1.40. The molecular weight excluding hydrogens is 198 g/mol. The van der Waals surface area contributed by atoms with E-state index in [0.29, 0.717) is 6.42 Å². The van der Waals surface area contributed by atoms with Crippen LogP contribution in [0.2, 0.25) is 0 Å². The van der Waals surface area contributed by atoms with Gasteiger partial charge in [-0.1, -0.05) is 0 Å². The van der Waals surface area contributed by atoms with Crippen LogP contribution in [0, 0.1) is 0 Å². The summed E-state index contributed by atoms with van der Waals surface area (Å²) in [4.78, 5) is 15.1. The van der Waals surface area contributed by atoms with Crippen molar-refractivity contribution < 1.29 is 9.84 Å². The first kappa shape index (κ1) is 10.1. The van der Waals surface area contributed by atoms with Gasteiger partial charge in [-0.05, 0) is 18.9 Å². The van der Waals surface area contributed by atoms with Gasteiger partial charge in [-0.3, -0.25) is 4.57 Å². The van der Waals surface area contributed by atoms with Crippen molar-refractivity contribution in [3.63, 3.8) is 0 Å². The van der Waals surface area contributed by atoms with Crippen molar-refractivity contribution in [1.82, 2.24) is 9.55 Å². The highest BCUT2D eigenvalue weighted by Crippen LogP contribution is 2.26. The fourth-order valence-corrected chi connectivity index (χ4v) is 1.67. The minimum atomic E-state index is -0.418. The highest BCUT2D eigenvalue weighted by molar-refractivity contribution is 5.23. The summed E-state index contributed by atoms with van der Waals surface area (Å²) in [6.07, 6.45) is 2.51. The van der Waals surface area contributed by atoms with E-state index in [9.17, 15) is 4.79 Å². The molecule has 1 aromatic rings. The molecule has 0 radical (unpaired) electrons. The normalized spacial score (nSPS) is 25.7. The molecule has 1 aliphatic rings. The van der Waals surface area contributed by atoms with E-state index in [-0.39, 0.29) is 24.8 Å². The number of nitrogens with two attached hydrogens (primary N) is 1. The second kappa shape index (κ2) is 4.00. The van der Waals surface area contributed by atoms with Crippen molar-refractivity contribution in [2.24, 2.45) is 0 Å². The number of aliphatic hydroxyl groups excluding tert-OH is 1. The van der Waals surface area contributed by atoms with Crippen LogP contribution in [0.4, 0.5) is 5.82 Å². The zero-order valence-corrected chi connectivity index (χ0v) is 8.17. The van der Waals surface area contributed by atoms with Crippen LogP contribution in [0.3, 0.4) is 0 Å². The summed E-state index contributed by atoms with van der Waals surface area (Å²) in [5.74, 6) is 0.202. The summed E-state index contributed by atoms with van der Waals surface area (Å²) >= 11 is 0. The topological polar surface area (TPSA) is 90.4 Å². The highest BCUT2D eigenvalue weighted by atomic mass is 16.5. The van der Waals surface area contributed by atoms with Gasteiger partial charge >= 0.3 is 5.69 Å². The van der Waals surface area contributed by atoms with E-state index in [4.69, 9.17) is 15.6 Å². The lowest BCUT2D eigenvalue weighted by Gasteiger charge is -2.14. The molecule has 0 spiro atoms. The molecular formula is C9H13N3O3. The van der Waals surface area contributed by atoms with Gasteiger partial charge in [-0.25, -0.2) is 4.79 Å². The Kier molecular flexibility index (Phi) is 2.70. The average Bonchev–Trinajstić information content (AvgIpc) is 2.66. The average molecular weight is 211 g/mol. The lowest BCUT2D eigenvalue weighted by atomic mass is 10.2. The van der Waals surface area contributed by atoms with Gasteiger partial charge in [0.25, 0.3) is 0 Å². The van der Waals surface area contributed by atoms with Crippen LogP contribution in [0.15, 0.2) is 17.1 Å². The third-order valence-electron chi connectivity index (χ3n) is 2.45. The number of aromatic nitrogens is 2. The molecule has 0 bridgehead atoms. The van der Waals surface area contributed by atoms with E-state index in [0.717, 1.165) is 6.42 Å². The molecule has 1 unspecified atom stereocenters. The SMILES string of the molecule is Nc1ccn(C2CC[C@@H](CO)O2)c(=O)n1. The van der Waals surface area contributed by atoms with Gasteiger partial charge in [-0.15, -0.1) is 0 Å². The fraction of sp³-hybridized carbons (Fsp3) is 0.556. The molecule has 2 rings (SSSR count). The first-order valence-corrected chi connectivity index (χ1v) is 4.81. The van der Waals surface area contributed by atoms with E-state index in [2.05, 4.69) is 4.98 Å². The standard InChI is InChI=1S/C9H13N3O3/c10-7-3-4-12(9(14)11-7)8-2-1-6(5-13)15-8/h3-4,6,8,13H,1-2,5H2,(H2,10,11,14)/t6-,8?/m0/s1. The molecule has 15 heavy (non-hydrogen) atoms. The minimum Gasteiger partial charge on any atom is -0.394 e. The third-order valence-corrected chi connectivity index (χ3v) is 2.45. The number of anilines is 1. The predicted molar refractivity (Wildman–Crippen MR) is 53.1 cm³/mol. The van der Waals surface area contributed by atoms with E-state index < -0.39 is 5.69 Å². The van der Waals surface area contributed by atoms with Gasteiger partial charge in [0.1, 0.15) is 12.0 Å². The quantitative estimate of drug-likeness (QED) is 0.688. The first-order valence-electron chi connectivity index (χ1n) is 4.81. The summed E-state index contributed by atoms with van der Waals surface area (Å²) in [5, 5.41) is 8.90. The fourth-order valence-electron chi connectivity index (χ4n) is 1.67. The second-order valence-electron chi connectivity index (χ2n) is 3.51. The summed E-state index contributed by atoms with van der Waals surface area (Å²) in [6, 6.07) is 1.55. The van der Waals surface area contributed by atoms with E-state index in [1.54, 1.807) is 12.3 Å². The molecule has 1 saturated heterocycles. The predicted octanol–water partition coefficient (Wildman–Crippen LogP) is -0.505. The number of aliphatic hydroxyl groups is 1. The number of nitrogen functional groups attached to an aromatic ring is 1. The van der Waals surface area contributed by atoms with Crippen LogP contribution in [0.5, 0.6) is 0 Å². The Morgan fingerprint density at radius 1 is 1.67 bits per heavy atom. The summed E-state index contributed by atoms with van der Waals surface area (Å²) in [7, 11) is 0. The lowest BCUT2D eigenvalue weighted by Crippen LogP contribution is -2.27. The number of rotatable bonds is 2. The van der Waals surface area contributed by atoms with Gasteiger partial charge in [-0.2, -0.15) is 4.98 Å². The van der Waals surface area contributed by atoms with Crippen LogP contribution in [-0.4, -0.2) is 27.4 Å². The molecule has 0 aliphatic carbocycles. The van der Waals surface area contributed by atoms with Gasteiger partial charge in [0, 0.05) is 6.20 Å². The Balaban J connectivity index is 2.20. The molecule has 3 N–H and O–H groups in total. The van der Waals surface area contributed by atoms with E-state index >= 15 is 0 Å². The van der Waals surface area contributed by atoms with Crippen LogP contribution in [0.25, 0.3) is 0 Å². The molecule has 1 aromatic heterocycles. The van der Waals surface area contributed by atoms with Crippen molar-refractivity contribution in [2.45, 2.75) is 25.2 Å². The number of hydrogen-bond donors (Lipinski definition) is 2. The van der Waals surface area contributed by atoms with Gasteiger partial charge in [0.2, 0.25) is 0 Å². The monoisotopic (exact) mass is 211 g/mol. The molecule has 0 aromatic carbocycles. The Bertz CT molecular complexity index is 404. The first-order chi connectivity index (χ1) is 7.20. The zero-order chi connectivity index (χ0) is 10.8. The minimum absolute atomic E-state index is 0.0202. The van der Waals surface area contributed by atoms with E-state index in [1.807, 2.05) is 0 Å². The number of nitrogens with zero attached hydrogens (tertiary/aromatic N) is 2. The molecule has 6 heteroatoms. The number of ether oxygens (including phenoxy) is 1. The number of hydrogen-bond acceptors (Lipinski definition) is 5. The molecule has 6 nitrogen and oxygen atoms in total. The van der Waals surface area contributed by atoms with Gasteiger partial charge in [0.05, 0.1) is 12.7 Å². The third kappa shape index (κ3) is 2.00. The largest absolute Gasteiger partial charge is 0.394 e. The Morgan fingerprint density at radius 2 is 2.47 bits per heavy atom. The Morgan fingerprint density at radius 3 is 3.07 bits per heavy atom. The van der Waals surface area contributed by atoms with Crippen LogP contribution < -0.4 is 11.4 Å². The van der Waals surface area contributed by atoms with E-state index in [1.165, 1.54) is 4.57 Å². The molecule has 0 saturated carbocycles. The Labute approximate surface area is 86.3 Å². The maximum absolute atomic E-state index is 11.5. The second-order valence-corrected chi connectivity index (χ2v) is 3.51. The summed E-state index contributed by atoms with van der Waals surface area (Å²) < 4.78 is 6.84. The summed E-state index contributed by atoms with van der Waals surface area (Å²) in [5.41, 5.74) is 4.96. The maximum atomic E-state index is 11.5. The van der Waals surface area contributed by atoms with Gasteiger partial charge < -0.3 is 15.6 Å². The van der Waals surface area contributed by atoms with Crippen molar-refractivity contribution >= 4 is 5.82 Å². The van der Waals surface area contributed by atoms with Crippen molar-refractivity contribution in [1.29, 1.82) is 0 Å². The van der Waals surface area contributed by atoms with Crippen molar-refractivity contribution in [3.05, 3.63) is 22.7 Å². The smallest absolute Gasteiger partial charge is 0.351 e. The molecule has 1 aliphatic heterocycles. The lowest BCUT2D eigenvalue weighted by molar-refractivity contribution is -0.0245. The van der Waals surface area contributed by atoms with Crippen molar-refractivity contribution in [2.75, 3.05) is 12.3 Å². The molecule has 2 atom stereocenters. The zero-order valence-electron chi connectivity index (χ0n) is 8.17. The summed E-state index contributed by atoms with van der Waals surface area (Å²) in [6.45, 7) is -0.0202. The van der Waals surface area contributed by atoms with Crippen molar-refractivity contribution in [3.8, 4) is 0 Å². The molecule has 1 fully saturated rings. The van der Waals surface area contributed by atoms with Crippen LogP contribution >= 0.6 is 0 Å². The highest BCUT2D eigenvalue weighted by Gasteiger charge is 2.26. The molecule has 82 valence electrons. The molecule has 0 amide bonds.